The molecule has 0 amide bonds. The van der Waals surface area contributed by atoms with Crippen molar-refractivity contribution in [2.45, 2.75) is 11.7 Å². The fraction of sp³-hybridized carbons (Fsp3) is 0.176. The van der Waals surface area contributed by atoms with Crippen LogP contribution in [0.5, 0.6) is 0 Å². The van der Waals surface area contributed by atoms with Crippen molar-refractivity contribution in [2.24, 2.45) is 0 Å². The molecule has 1 atom stereocenters. The fourth-order valence-electron chi connectivity index (χ4n) is 2.03. The van der Waals surface area contributed by atoms with Gasteiger partial charge in [0.1, 0.15) is 0 Å². The van der Waals surface area contributed by atoms with Crippen LogP contribution in [0.15, 0.2) is 54.6 Å². The molecule has 2 aromatic carbocycles. The van der Waals surface area contributed by atoms with E-state index in [1.807, 2.05) is 30.3 Å². The Morgan fingerprint density at radius 3 is 2.27 bits per heavy atom. The molecule has 114 valence electrons. The van der Waals surface area contributed by atoms with Crippen LogP contribution in [-0.4, -0.2) is 17.5 Å². The van der Waals surface area contributed by atoms with Gasteiger partial charge in [0.2, 0.25) is 0 Å². The van der Waals surface area contributed by atoms with E-state index in [1.54, 1.807) is 24.3 Å². The molecule has 0 aliphatic rings. The molecule has 0 spiro atoms. The van der Waals surface area contributed by atoms with Gasteiger partial charge in [0.25, 0.3) is 0 Å². The third-order valence-electron chi connectivity index (χ3n) is 3.11. The molecular weight excluding hydrogens is 320 g/mol. The minimum Gasteiger partial charge on any atom is -0.549 e. The summed E-state index contributed by atoms with van der Waals surface area (Å²) < 4.78 is 0. The topological polar surface area (TPSA) is 57.2 Å². The second-order valence-electron chi connectivity index (χ2n) is 4.72. The second kappa shape index (κ2) is 8.01. The van der Waals surface area contributed by atoms with Gasteiger partial charge in [0, 0.05) is 28.0 Å². The van der Waals surface area contributed by atoms with E-state index in [1.165, 1.54) is 11.8 Å². The van der Waals surface area contributed by atoms with Crippen LogP contribution < -0.4 is 5.11 Å². The first-order valence-corrected chi connectivity index (χ1v) is 8.14. The summed E-state index contributed by atoms with van der Waals surface area (Å²) in [5.41, 5.74) is 1.50. The van der Waals surface area contributed by atoms with E-state index in [4.69, 9.17) is 11.6 Å². The highest BCUT2D eigenvalue weighted by Crippen LogP contribution is 2.33. The SMILES string of the molecule is O=C([O-])CS[C@@H](CC(=O)c1ccc(Cl)cc1)c1ccccc1. The Morgan fingerprint density at radius 2 is 1.68 bits per heavy atom. The molecule has 0 fully saturated rings. The number of Topliss-reactive ketones (excluding diaryl/α,β-unsaturated/α-hetero) is 1. The molecule has 0 aromatic heterocycles. The minimum absolute atomic E-state index is 0.0450. The van der Waals surface area contributed by atoms with Crippen molar-refractivity contribution in [2.75, 3.05) is 5.75 Å². The average Bonchev–Trinajstić information content (AvgIpc) is 2.52. The number of carboxylic acids is 1. The molecule has 3 nitrogen and oxygen atoms in total. The van der Waals surface area contributed by atoms with Crippen LogP contribution >= 0.6 is 23.4 Å². The van der Waals surface area contributed by atoms with Crippen LogP contribution in [0.25, 0.3) is 0 Å². The molecule has 0 heterocycles. The van der Waals surface area contributed by atoms with E-state index in [0.29, 0.717) is 10.6 Å². The number of aliphatic carboxylic acids is 1. The third-order valence-corrected chi connectivity index (χ3v) is 4.61. The molecule has 2 aromatic rings. The lowest BCUT2D eigenvalue weighted by molar-refractivity contribution is -0.301. The van der Waals surface area contributed by atoms with Crippen molar-refractivity contribution in [1.29, 1.82) is 0 Å². The number of benzene rings is 2. The van der Waals surface area contributed by atoms with Gasteiger partial charge in [0.15, 0.2) is 5.78 Å². The van der Waals surface area contributed by atoms with Crippen LogP contribution in [-0.2, 0) is 4.79 Å². The van der Waals surface area contributed by atoms with Crippen LogP contribution in [0.2, 0.25) is 5.02 Å². The molecule has 2 rings (SSSR count). The Morgan fingerprint density at radius 1 is 1.05 bits per heavy atom. The number of hydrogen-bond donors (Lipinski definition) is 0. The standard InChI is InChI=1S/C17H15ClO3S/c18-14-8-6-12(7-9-14)15(19)10-16(22-11-17(20)21)13-4-2-1-3-5-13/h1-9,16H,10-11H2,(H,20,21)/p-1/t16-/m0/s1. The molecule has 22 heavy (non-hydrogen) atoms. The second-order valence-corrected chi connectivity index (χ2v) is 6.34. The predicted octanol–water partition coefficient (Wildman–Crippen LogP) is 3.14. The lowest BCUT2D eigenvalue weighted by atomic mass is 10.0. The Bertz CT molecular complexity index is 641. The molecule has 0 N–H and O–H groups in total. The molecule has 0 bridgehead atoms. The number of thioether (sulfide) groups is 1. The molecule has 0 saturated carbocycles. The zero-order chi connectivity index (χ0) is 15.9. The number of hydrogen-bond acceptors (Lipinski definition) is 4. The molecule has 0 unspecified atom stereocenters. The van der Waals surface area contributed by atoms with E-state index in [-0.39, 0.29) is 23.2 Å². The van der Waals surface area contributed by atoms with E-state index in [0.717, 1.165) is 5.56 Å². The van der Waals surface area contributed by atoms with Crippen molar-refractivity contribution >= 4 is 35.1 Å². The zero-order valence-corrected chi connectivity index (χ0v) is 13.3. The molecule has 5 heteroatoms. The maximum atomic E-state index is 12.4. The average molecular weight is 334 g/mol. The Labute approximate surface area is 138 Å². The van der Waals surface area contributed by atoms with Crippen molar-refractivity contribution < 1.29 is 14.7 Å². The zero-order valence-electron chi connectivity index (χ0n) is 11.7. The first-order chi connectivity index (χ1) is 10.6. The van der Waals surface area contributed by atoms with Crippen LogP contribution in [0.1, 0.15) is 27.6 Å². The summed E-state index contributed by atoms with van der Waals surface area (Å²) in [5.74, 6) is -1.32. The van der Waals surface area contributed by atoms with Crippen LogP contribution in [0.4, 0.5) is 0 Å². The fourth-order valence-corrected chi connectivity index (χ4v) is 3.11. The Balaban J connectivity index is 2.13. The highest BCUT2D eigenvalue weighted by molar-refractivity contribution is 8.00. The van der Waals surface area contributed by atoms with E-state index in [9.17, 15) is 14.7 Å². The largest absolute Gasteiger partial charge is 0.549 e. The number of halogens is 1. The minimum atomic E-state index is -1.13. The van der Waals surface area contributed by atoms with Crippen molar-refractivity contribution in [3.63, 3.8) is 0 Å². The Hall–Kier alpha value is -1.78. The summed E-state index contributed by atoms with van der Waals surface area (Å²) in [5, 5.41) is 11.0. The maximum absolute atomic E-state index is 12.4. The summed E-state index contributed by atoms with van der Waals surface area (Å²) in [7, 11) is 0. The lowest BCUT2D eigenvalue weighted by Gasteiger charge is -2.17. The van der Waals surface area contributed by atoms with Gasteiger partial charge >= 0.3 is 0 Å². The van der Waals surface area contributed by atoms with Gasteiger partial charge in [-0.2, -0.15) is 0 Å². The Kier molecular flexibility index (Phi) is 6.04. The van der Waals surface area contributed by atoms with E-state index < -0.39 is 5.97 Å². The monoisotopic (exact) mass is 333 g/mol. The normalized spacial score (nSPS) is 11.9. The summed E-state index contributed by atoms with van der Waals surface area (Å²) in [6.07, 6.45) is 0.226. The van der Waals surface area contributed by atoms with Gasteiger partial charge in [0.05, 0.1) is 5.97 Å². The number of carbonyl (C=O) groups is 2. The molecular formula is C17H14ClO3S-. The van der Waals surface area contributed by atoms with E-state index in [2.05, 4.69) is 0 Å². The van der Waals surface area contributed by atoms with E-state index >= 15 is 0 Å². The quantitative estimate of drug-likeness (QED) is 0.730. The number of ketones is 1. The van der Waals surface area contributed by atoms with Crippen LogP contribution in [0.3, 0.4) is 0 Å². The van der Waals surface area contributed by atoms with Crippen molar-refractivity contribution in [3.8, 4) is 0 Å². The van der Waals surface area contributed by atoms with Gasteiger partial charge in [-0.25, -0.2) is 0 Å². The molecule has 0 saturated heterocycles. The van der Waals surface area contributed by atoms with Gasteiger partial charge in [-0.05, 0) is 29.8 Å². The highest BCUT2D eigenvalue weighted by Gasteiger charge is 2.17. The first-order valence-electron chi connectivity index (χ1n) is 6.71. The smallest absolute Gasteiger partial charge is 0.164 e. The molecule has 0 aliphatic heterocycles. The van der Waals surface area contributed by atoms with Gasteiger partial charge < -0.3 is 9.90 Å². The molecule has 0 radical (unpaired) electrons. The molecule has 0 aliphatic carbocycles. The van der Waals surface area contributed by atoms with Gasteiger partial charge in [-0.3, -0.25) is 4.79 Å². The number of carboxylic acid groups (broad SMARTS) is 1. The number of rotatable bonds is 7. The summed E-state index contributed by atoms with van der Waals surface area (Å²) in [6, 6.07) is 16.1. The van der Waals surface area contributed by atoms with Crippen molar-refractivity contribution in [3.05, 3.63) is 70.7 Å². The summed E-state index contributed by atoms with van der Waals surface area (Å²) in [4.78, 5) is 23.1. The van der Waals surface area contributed by atoms with Gasteiger partial charge in [-0.15, -0.1) is 11.8 Å². The first kappa shape index (κ1) is 16.6. The van der Waals surface area contributed by atoms with Crippen molar-refractivity contribution in [1.82, 2.24) is 0 Å². The summed E-state index contributed by atoms with van der Waals surface area (Å²) in [6.45, 7) is 0. The third kappa shape index (κ3) is 4.90. The highest BCUT2D eigenvalue weighted by atomic mass is 35.5. The summed E-state index contributed by atoms with van der Waals surface area (Å²) >= 11 is 7.01. The number of carbonyl (C=O) groups excluding carboxylic acids is 2. The maximum Gasteiger partial charge on any atom is 0.164 e. The van der Waals surface area contributed by atoms with Gasteiger partial charge in [-0.1, -0.05) is 41.9 Å². The lowest BCUT2D eigenvalue weighted by Crippen LogP contribution is -2.25. The predicted molar refractivity (Wildman–Crippen MR) is 87.0 cm³/mol. The van der Waals surface area contributed by atoms with Crippen LogP contribution in [0, 0.1) is 0 Å².